The van der Waals surface area contributed by atoms with Crippen molar-refractivity contribution in [3.05, 3.63) is 0 Å². The Kier molecular flexibility index (Phi) is 4.58. The lowest BCUT2D eigenvalue weighted by Gasteiger charge is -2.61. The van der Waals surface area contributed by atoms with E-state index in [1.54, 1.807) is 0 Å². The topological polar surface area (TPSA) is 38.7 Å². The van der Waals surface area contributed by atoms with Gasteiger partial charge in [0.1, 0.15) is 0 Å². The van der Waals surface area contributed by atoms with Gasteiger partial charge in [-0.1, -0.05) is 27.7 Å². The van der Waals surface area contributed by atoms with E-state index < -0.39 is 0 Å². The van der Waals surface area contributed by atoms with E-state index in [2.05, 4.69) is 27.7 Å². The molecule has 4 aliphatic carbocycles. The van der Waals surface area contributed by atoms with Crippen LogP contribution in [0.2, 0.25) is 0 Å². The van der Waals surface area contributed by atoms with E-state index in [1.165, 1.54) is 44.9 Å². The van der Waals surface area contributed by atoms with Crippen LogP contribution in [-0.4, -0.2) is 29.7 Å². The van der Waals surface area contributed by atoms with Crippen molar-refractivity contribution in [3.8, 4) is 0 Å². The molecule has 0 aromatic heterocycles. The van der Waals surface area contributed by atoms with Crippen LogP contribution in [0.3, 0.4) is 0 Å². The highest BCUT2D eigenvalue weighted by molar-refractivity contribution is 5.15. The van der Waals surface area contributed by atoms with E-state index in [0.717, 1.165) is 49.5 Å². The summed E-state index contributed by atoms with van der Waals surface area (Å²) in [4.78, 5) is 0. The molecule has 1 N–H and O–H groups in total. The quantitative estimate of drug-likeness (QED) is 0.543. The van der Waals surface area contributed by atoms with Crippen LogP contribution in [0.15, 0.2) is 0 Å². The summed E-state index contributed by atoms with van der Waals surface area (Å²) in [5.74, 6) is 4.93. The summed E-state index contributed by atoms with van der Waals surface area (Å²) in [6.45, 7) is 10.9. The second-order valence-corrected chi connectivity index (χ2v) is 13.1. The summed E-state index contributed by atoms with van der Waals surface area (Å²) in [5.41, 5.74) is 0.899. The minimum Gasteiger partial charge on any atom is -0.393 e. The zero-order chi connectivity index (χ0) is 20.9. The van der Waals surface area contributed by atoms with Gasteiger partial charge in [0, 0.05) is 12.3 Å². The number of hydrogen-bond donors (Lipinski definition) is 1. The predicted molar refractivity (Wildman–Crippen MR) is 118 cm³/mol. The molecule has 4 saturated carbocycles. The first-order valence-corrected chi connectivity index (χ1v) is 13.3. The van der Waals surface area contributed by atoms with Crippen LogP contribution in [0, 0.1) is 52.3 Å². The Bertz CT molecular complexity index is 684. The first-order valence-electron chi connectivity index (χ1n) is 13.3. The summed E-state index contributed by atoms with van der Waals surface area (Å²) in [6.07, 6.45) is 12.9. The van der Waals surface area contributed by atoms with Crippen LogP contribution < -0.4 is 0 Å². The Morgan fingerprint density at radius 3 is 2.40 bits per heavy atom. The van der Waals surface area contributed by atoms with Crippen LogP contribution >= 0.6 is 0 Å². The maximum Gasteiger partial charge on any atom is 0.171 e. The lowest BCUT2D eigenvalue weighted by molar-refractivity contribution is -0.273. The van der Waals surface area contributed by atoms with Gasteiger partial charge in [0.05, 0.1) is 18.8 Å². The number of hydrogen-bond acceptors (Lipinski definition) is 3. The smallest absolute Gasteiger partial charge is 0.171 e. The third kappa shape index (κ3) is 2.61. The van der Waals surface area contributed by atoms with Crippen molar-refractivity contribution in [2.24, 2.45) is 52.3 Å². The summed E-state index contributed by atoms with van der Waals surface area (Å²) >= 11 is 0. The van der Waals surface area contributed by atoms with Gasteiger partial charge in [-0.3, -0.25) is 0 Å². The highest BCUT2D eigenvalue weighted by Crippen LogP contribution is 2.71. The van der Waals surface area contributed by atoms with E-state index in [0.29, 0.717) is 34.7 Å². The molecule has 30 heavy (non-hydrogen) atoms. The minimum absolute atomic E-state index is 0.0389. The summed E-state index contributed by atoms with van der Waals surface area (Å²) in [6, 6.07) is 0. The van der Waals surface area contributed by atoms with E-state index in [-0.39, 0.29) is 11.9 Å². The molecule has 2 aliphatic heterocycles. The third-order valence-corrected chi connectivity index (χ3v) is 11.9. The molecule has 0 aromatic carbocycles. The van der Waals surface area contributed by atoms with Gasteiger partial charge < -0.3 is 14.6 Å². The van der Waals surface area contributed by atoms with Gasteiger partial charge in [-0.15, -0.1) is 0 Å². The second-order valence-electron chi connectivity index (χ2n) is 13.1. The minimum atomic E-state index is -0.282. The molecule has 0 unspecified atom stereocenters. The van der Waals surface area contributed by atoms with Gasteiger partial charge in [-0.05, 0) is 104 Å². The molecule has 6 fully saturated rings. The Morgan fingerprint density at radius 2 is 1.63 bits per heavy atom. The molecule has 2 saturated heterocycles. The monoisotopic (exact) mass is 416 g/mol. The van der Waals surface area contributed by atoms with Crippen LogP contribution in [0.1, 0.15) is 91.9 Å². The van der Waals surface area contributed by atoms with E-state index >= 15 is 0 Å². The maximum atomic E-state index is 10.3. The van der Waals surface area contributed by atoms with Crippen molar-refractivity contribution in [3.63, 3.8) is 0 Å². The van der Waals surface area contributed by atoms with Gasteiger partial charge in [-0.2, -0.15) is 0 Å². The van der Waals surface area contributed by atoms with Gasteiger partial charge in [0.2, 0.25) is 0 Å². The molecule has 3 heteroatoms. The van der Waals surface area contributed by atoms with Crippen LogP contribution in [-0.2, 0) is 9.47 Å². The van der Waals surface area contributed by atoms with Crippen LogP contribution in [0.25, 0.3) is 0 Å². The fraction of sp³-hybridized carbons (Fsp3) is 1.00. The molecule has 0 amide bonds. The molecule has 170 valence electrons. The van der Waals surface area contributed by atoms with E-state index in [1.807, 2.05) is 0 Å². The van der Waals surface area contributed by atoms with Crippen molar-refractivity contribution in [2.45, 2.75) is 110 Å². The molecular weight excluding hydrogens is 372 g/mol. The molecule has 6 aliphatic rings. The maximum absolute atomic E-state index is 10.3. The fourth-order valence-corrected chi connectivity index (χ4v) is 10.3. The van der Waals surface area contributed by atoms with Gasteiger partial charge >= 0.3 is 0 Å². The second kappa shape index (κ2) is 6.70. The summed E-state index contributed by atoms with van der Waals surface area (Å²) in [5, 5.41) is 10.3. The zero-order valence-corrected chi connectivity index (χ0v) is 19.7. The van der Waals surface area contributed by atoms with Crippen molar-refractivity contribution in [1.29, 1.82) is 0 Å². The standard InChI is InChI=1S/C27H44O3/c1-16-7-12-27(29-15-16)17(2)24-23(30-27)14-22-20-6-5-18-13-19(28)8-10-25(18,3)21(20)9-11-26(22,24)4/h16-24,28H,5-15H2,1-4H3/t16-,17-,18+,19-,20-,21-,22-,23-,24-,25-,26-,27+/m0/s1. The molecule has 0 bridgehead atoms. The zero-order valence-electron chi connectivity index (χ0n) is 19.7. The Balaban J connectivity index is 1.26. The van der Waals surface area contributed by atoms with E-state index in [9.17, 15) is 5.11 Å². The van der Waals surface area contributed by atoms with E-state index in [4.69, 9.17) is 9.47 Å². The molecule has 2 heterocycles. The highest BCUT2D eigenvalue weighted by atomic mass is 16.7. The number of aliphatic hydroxyl groups is 1. The molecule has 1 spiro atoms. The van der Waals surface area contributed by atoms with Crippen molar-refractivity contribution >= 4 is 0 Å². The van der Waals surface area contributed by atoms with Crippen LogP contribution in [0.4, 0.5) is 0 Å². The molecule has 3 nitrogen and oxygen atoms in total. The van der Waals surface area contributed by atoms with Gasteiger partial charge in [-0.25, -0.2) is 0 Å². The Labute approximate surface area is 183 Å². The molecule has 6 rings (SSSR count). The predicted octanol–water partition coefficient (Wildman–Crippen LogP) is 5.79. The SMILES string of the molecule is C[C@H]1CC[C@@]2(OC1)O[C@H]1C[C@H]3[C@H]4CC[C@@H]5C[C@@H](O)CC[C@]5(C)[C@H]4CC[C@]3(C)[C@H]1[C@@H]2C. The number of fused-ring (bicyclic) bond motifs is 7. The Morgan fingerprint density at radius 1 is 0.833 bits per heavy atom. The van der Waals surface area contributed by atoms with Crippen molar-refractivity contribution in [1.82, 2.24) is 0 Å². The molecule has 0 aromatic rings. The first-order chi connectivity index (χ1) is 14.3. The first kappa shape index (κ1) is 20.5. The lowest BCUT2D eigenvalue weighted by Crippen LogP contribution is -2.55. The normalized spacial score (nSPS) is 62.5. The average molecular weight is 417 g/mol. The van der Waals surface area contributed by atoms with Crippen molar-refractivity contribution < 1.29 is 14.6 Å². The number of rotatable bonds is 0. The highest BCUT2D eigenvalue weighted by Gasteiger charge is 2.69. The number of aliphatic hydroxyl groups excluding tert-OH is 1. The largest absolute Gasteiger partial charge is 0.393 e. The summed E-state index contributed by atoms with van der Waals surface area (Å²) in [7, 11) is 0. The molecule has 12 atom stereocenters. The van der Waals surface area contributed by atoms with Crippen molar-refractivity contribution in [2.75, 3.05) is 6.61 Å². The number of ether oxygens (including phenoxy) is 2. The van der Waals surface area contributed by atoms with Gasteiger partial charge in [0.15, 0.2) is 5.79 Å². The lowest BCUT2D eigenvalue weighted by atomic mass is 9.44. The summed E-state index contributed by atoms with van der Waals surface area (Å²) < 4.78 is 13.4. The average Bonchev–Trinajstić information content (AvgIpc) is 3.16. The third-order valence-electron chi connectivity index (χ3n) is 11.9. The molecule has 0 radical (unpaired) electrons. The van der Waals surface area contributed by atoms with Gasteiger partial charge in [0.25, 0.3) is 0 Å². The molecular formula is C27H44O3. The van der Waals surface area contributed by atoms with Crippen LogP contribution in [0.5, 0.6) is 0 Å². The Hall–Kier alpha value is -0.120. The fourth-order valence-electron chi connectivity index (χ4n) is 10.3.